The molecule has 25 heavy (non-hydrogen) atoms. The lowest BCUT2D eigenvalue weighted by Crippen LogP contribution is -2.49. The first-order valence-corrected chi connectivity index (χ1v) is 8.32. The number of pyridine rings is 1. The maximum Gasteiger partial charge on any atom is 0.311 e. The predicted molar refractivity (Wildman–Crippen MR) is 94.8 cm³/mol. The molecule has 0 spiro atoms. The van der Waals surface area contributed by atoms with E-state index in [0.29, 0.717) is 37.6 Å². The fourth-order valence-electron chi connectivity index (χ4n) is 2.96. The van der Waals surface area contributed by atoms with Gasteiger partial charge in [-0.1, -0.05) is 19.1 Å². The van der Waals surface area contributed by atoms with Crippen LogP contribution in [-0.2, 0) is 6.42 Å². The Balaban J connectivity index is 1.67. The number of benzene rings is 1. The maximum atomic E-state index is 12.6. The summed E-state index contributed by atoms with van der Waals surface area (Å²) in [5, 5.41) is 11.1. The molecular formula is C18H20N4O3. The van der Waals surface area contributed by atoms with E-state index in [-0.39, 0.29) is 11.6 Å². The highest BCUT2D eigenvalue weighted by Crippen LogP contribution is 2.25. The average Bonchev–Trinajstić information content (AvgIpc) is 2.67. The first-order valence-electron chi connectivity index (χ1n) is 8.32. The van der Waals surface area contributed by atoms with Crippen LogP contribution in [0.25, 0.3) is 0 Å². The van der Waals surface area contributed by atoms with Gasteiger partial charge in [0.25, 0.3) is 5.91 Å². The molecule has 0 saturated carbocycles. The molecule has 0 bridgehead atoms. The number of anilines is 1. The summed E-state index contributed by atoms with van der Waals surface area (Å²) in [6.45, 7) is 4.16. The summed E-state index contributed by atoms with van der Waals surface area (Å²) >= 11 is 0. The van der Waals surface area contributed by atoms with Crippen molar-refractivity contribution in [1.82, 2.24) is 9.88 Å². The average molecular weight is 340 g/mol. The highest BCUT2D eigenvalue weighted by Gasteiger charge is 2.27. The fourth-order valence-corrected chi connectivity index (χ4v) is 2.96. The first-order chi connectivity index (χ1) is 12.1. The van der Waals surface area contributed by atoms with Crippen molar-refractivity contribution in [2.45, 2.75) is 13.3 Å². The second-order valence-electron chi connectivity index (χ2n) is 5.93. The van der Waals surface area contributed by atoms with Crippen LogP contribution >= 0.6 is 0 Å². The van der Waals surface area contributed by atoms with Gasteiger partial charge in [-0.2, -0.15) is 0 Å². The van der Waals surface area contributed by atoms with Gasteiger partial charge in [-0.25, -0.2) is 4.98 Å². The smallest absolute Gasteiger partial charge is 0.311 e. The predicted octanol–water partition coefficient (Wildman–Crippen LogP) is 2.51. The van der Waals surface area contributed by atoms with Crippen LogP contribution in [0.5, 0.6) is 0 Å². The van der Waals surface area contributed by atoms with E-state index in [9.17, 15) is 14.9 Å². The van der Waals surface area contributed by atoms with Gasteiger partial charge in [0.05, 0.1) is 4.92 Å². The summed E-state index contributed by atoms with van der Waals surface area (Å²) in [4.78, 5) is 31.1. The molecule has 0 unspecified atom stereocenters. The number of nitrogens with zero attached hydrogens (tertiary/aromatic N) is 4. The molecular weight excluding hydrogens is 320 g/mol. The lowest BCUT2D eigenvalue weighted by Gasteiger charge is -2.35. The highest BCUT2D eigenvalue weighted by molar-refractivity contribution is 5.94. The minimum atomic E-state index is -0.421. The Morgan fingerprint density at radius 2 is 1.84 bits per heavy atom. The quantitative estimate of drug-likeness (QED) is 0.631. The lowest BCUT2D eigenvalue weighted by molar-refractivity contribution is -0.384. The van der Waals surface area contributed by atoms with E-state index in [1.807, 2.05) is 29.2 Å². The van der Waals surface area contributed by atoms with E-state index in [1.165, 1.54) is 11.6 Å². The van der Waals surface area contributed by atoms with Crippen LogP contribution < -0.4 is 4.90 Å². The van der Waals surface area contributed by atoms with Crippen molar-refractivity contribution in [2.75, 3.05) is 31.1 Å². The standard InChI is InChI=1S/C18H20N4O3/c1-2-14-5-7-15(8-6-14)18(23)21-12-10-20(11-13-21)17-16(22(24)25)4-3-9-19-17/h3-9H,2,10-13H2,1H3. The minimum Gasteiger partial charge on any atom is -0.347 e. The Bertz CT molecular complexity index is 768. The monoisotopic (exact) mass is 340 g/mol. The topological polar surface area (TPSA) is 79.6 Å². The van der Waals surface area contributed by atoms with Crippen molar-refractivity contribution >= 4 is 17.4 Å². The highest BCUT2D eigenvalue weighted by atomic mass is 16.6. The number of aromatic nitrogens is 1. The second kappa shape index (κ2) is 7.29. The van der Waals surface area contributed by atoms with Gasteiger partial charge in [0.1, 0.15) is 0 Å². The number of hydrogen-bond acceptors (Lipinski definition) is 5. The number of aryl methyl sites for hydroxylation is 1. The second-order valence-corrected chi connectivity index (χ2v) is 5.93. The summed E-state index contributed by atoms with van der Waals surface area (Å²) < 4.78 is 0. The summed E-state index contributed by atoms with van der Waals surface area (Å²) in [6.07, 6.45) is 2.49. The van der Waals surface area contributed by atoms with Gasteiger partial charge < -0.3 is 9.80 Å². The molecule has 0 aliphatic carbocycles. The van der Waals surface area contributed by atoms with Crippen LogP contribution in [0.1, 0.15) is 22.8 Å². The normalized spacial score (nSPS) is 14.4. The number of piperazine rings is 1. The Morgan fingerprint density at radius 3 is 2.44 bits per heavy atom. The third-order valence-electron chi connectivity index (χ3n) is 4.44. The number of amides is 1. The van der Waals surface area contributed by atoms with Gasteiger partial charge >= 0.3 is 5.69 Å². The molecule has 3 rings (SSSR count). The number of rotatable bonds is 4. The third kappa shape index (κ3) is 3.60. The zero-order chi connectivity index (χ0) is 17.8. The van der Waals surface area contributed by atoms with Crippen LogP contribution in [0.3, 0.4) is 0 Å². The molecule has 7 heteroatoms. The zero-order valence-corrected chi connectivity index (χ0v) is 14.1. The molecule has 2 heterocycles. The largest absolute Gasteiger partial charge is 0.347 e. The molecule has 0 radical (unpaired) electrons. The van der Waals surface area contributed by atoms with Crippen molar-refractivity contribution < 1.29 is 9.72 Å². The number of nitro groups is 1. The number of carbonyl (C=O) groups is 1. The Hall–Kier alpha value is -2.96. The zero-order valence-electron chi connectivity index (χ0n) is 14.1. The van der Waals surface area contributed by atoms with Gasteiger partial charge in [-0.3, -0.25) is 14.9 Å². The minimum absolute atomic E-state index is 0.00202. The van der Waals surface area contributed by atoms with Gasteiger partial charge in [0.15, 0.2) is 0 Å². The van der Waals surface area contributed by atoms with Crippen LogP contribution in [0.2, 0.25) is 0 Å². The van der Waals surface area contributed by atoms with Crippen molar-refractivity contribution in [3.05, 3.63) is 63.8 Å². The molecule has 130 valence electrons. The summed E-state index contributed by atoms with van der Waals surface area (Å²) in [6, 6.07) is 10.7. The van der Waals surface area contributed by atoms with E-state index in [1.54, 1.807) is 17.2 Å². The first kappa shape index (κ1) is 16.9. The third-order valence-corrected chi connectivity index (χ3v) is 4.44. The molecule has 1 aromatic heterocycles. The van der Waals surface area contributed by atoms with Gasteiger partial charge in [-0.15, -0.1) is 0 Å². The Labute approximate surface area is 146 Å². The van der Waals surface area contributed by atoms with Crippen molar-refractivity contribution in [1.29, 1.82) is 0 Å². The van der Waals surface area contributed by atoms with Crippen LogP contribution in [0.15, 0.2) is 42.6 Å². The van der Waals surface area contributed by atoms with Crippen LogP contribution in [0, 0.1) is 10.1 Å². The summed E-state index contributed by atoms with van der Waals surface area (Å²) in [5.41, 5.74) is 1.87. The lowest BCUT2D eigenvalue weighted by atomic mass is 10.1. The molecule has 0 atom stereocenters. The van der Waals surface area contributed by atoms with Crippen molar-refractivity contribution in [3.8, 4) is 0 Å². The van der Waals surface area contributed by atoms with E-state index < -0.39 is 4.92 Å². The fraction of sp³-hybridized carbons (Fsp3) is 0.333. The Kier molecular flexibility index (Phi) is 4.92. The summed E-state index contributed by atoms with van der Waals surface area (Å²) in [5.74, 6) is 0.365. The molecule has 0 N–H and O–H groups in total. The van der Waals surface area contributed by atoms with Crippen LogP contribution in [-0.4, -0.2) is 46.9 Å². The molecule has 1 aromatic carbocycles. The SMILES string of the molecule is CCc1ccc(C(=O)N2CCN(c3ncccc3[N+](=O)[O-])CC2)cc1. The molecule has 2 aromatic rings. The van der Waals surface area contributed by atoms with E-state index in [2.05, 4.69) is 11.9 Å². The van der Waals surface area contributed by atoms with E-state index >= 15 is 0 Å². The number of carbonyl (C=O) groups excluding carboxylic acids is 1. The van der Waals surface area contributed by atoms with E-state index in [0.717, 1.165) is 6.42 Å². The molecule has 1 saturated heterocycles. The van der Waals surface area contributed by atoms with Crippen molar-refractivity contribution in [2.24, 2.45) is 0 Å². The molecule has 7 nitrogen and oxygen atoms in total. The molecule has 1 fully saturated rings. The molecule has 1 amide bonds. The van der Waals surface area contributed by atoms with Gasteiger partial charge in [0.2, 0.25) is 5.82 Å². The molecule has 1 aliphatic rings. The number of hydrogen-bond donors (Lipinski definition) is 0. The van der Waals surface area contributed by atoms with Gasteiger partial charge in [-0.05, 0) is 30.2 Å². The van der Waals surface area contributed by atoms with Crippen LogP contribution in [0.4, 0.5) is 11.5 Å². The summed E-state index contributed by atoms with van der Waals surface area (Å²) in [7, 11) is 0. The van der Waals surface area contributed by atoms with Crippen molar-refractivity contribution in [3.63, 3.8) is 0 Å². The van der Waals surface area contributed by atoms with E-state index in [4.69, 9.17) is 0 Å². The molecule has 1 aliphatic heterocycles. The van der Waals surface area contributed by atoms with Gasteiger partial charge in [0, 0.05) is 44.0 Å². The maximum absolute atomic E-state index is 12.6. The Morgan fingerprint density at radius 1 is 1.16 bits per heavy atom.